The second-order valence-corrected chi connectivity index (χ2v) is 12.2. The number of thioether (sulfide) groups is 1. The van der Waals surface area contributed by atoms with Crippen LogP contribution in [0.5, 0.6) is 11.5 Å². The molecule has 0 bridgehead atoms. The Kier molecular flexibility index (Phi) is 8.00. The van der Waals surface area contributed by atoms with Crippen LogP contribution in [0.3, 0.4) is 0 Å². The molecule has 0 radical (unpaired) electrons. The zero-order valence-electron chi connectivity index (χ0n) is 23.0. The van der Waals surface area contributed by atoms with Crippen LogP contribution >= 0.6 is 23.1 Å². The summed E-state index contributed by atoms with van der Waals surface area (Å²) in [6, 6.07) is 17.4. The van der Waals surface area contributed by atoms with E-state index in [1.54, 1.807) is 60.7 Å². The fourth-order valence-corrected chi connectivity index (χ4v) is 6.91. The number of Topliss-reactive ketones (excluding diaryl/α,β-unsaturated/α-hetero) is 1. The van der Waals surface area contributed by atoms with Crippen molar-refractivity contribution in [1.29, 1.82) is 0 Å². The molecule has 8 nitrogen and oxygen atoms in total. The molecule has 2 atom stereocenters. The number of ether oxygens (including phenoxy) is 2. The molecule has 0 saturated carbocycles. The molecule has 2 aliphatic heterocycles. The van der Waals surface area contributed by atoms with Crippen LogP contribution in [0.15, 0.2) is 89.3 Å². The van der Waals surface area contributed by atoms with Gasteiger partial charge in [0, 0.05) is 17.7 Å². The SMILES string of the molecule is C=CCOc1cccc([C@H]2/C(=C(\O)c3ccc4c(c3)C[C@@H](C)O4)C(=O)C(=O)N2c2nnc(SCc3ccc(F)cc3)s2)c1. The monoisotopic (exact) mass is 615 g/mol. The second-order valence-electron chi connectivity index (χ2n) is 10.1. The molecule has 3 aromatic carbocycles. The summed E-state index contributed by atoms with van der Waals surface area (Å²) in [5.74, 6) is -0.508. The number of aliphatic hydroxyl groups excluding tert-OH is 1. The maximum Gasteiger partial charge on any atom is 0.301 e. The highest BCUT2D eigenvalue weighted by Gasteiger charge is 2.48. The summed E-state index contributed by atoms with van der Waals surface area (Å²) >= 11 is 2.54. The van der Waals surface area contributed by atoms with Crippen LogP contribution < -0.4 is 14.4 Å². The van der Waals surface area contributed by atoms with Gasteiger partial charge in [0.2, 0.25) is 5.13 Å². The van der Waals surface area contributed by atoms with E-state index in [1.165, 1.54) is 28.8 Å². The Bertz CT molecular complexity index is 1750. The van der Waals surface area contributed by atoms with E-state index in [1.807, 2.05) is 6.92 Å². The number of anilines is 1. The predicted molar refractivity (Wildman–Crippen MR) is 163 cm³/mol. The molecule has 0 unspecified atom stereocenters. The molecule has 1 aromatic heterocycles. The van der Waals surface area contributed by atoms with Crippen LogP contribution in [-0.2, 0) is 21.8 Å². The molecular formula is C32H26FN3O5S2. The summed E-state index contributed by atoms with van der Waals surface area (Å²) in [6.45, 7) is 5.91. The zero-order chi connectivity index (χ0) is 30.1. The number of carbonyl (C=O) groups is 2. The average Bonchev–Trinajstić information content (AvgIpc) is 3.70. The van der Waals surface area contributed by atoms with E-state index in [2.05, 4.69) is 16.8 Å². The van der Waals surface area contributed by atoms with Gasteiger partial charge in [0.25, 0.3) is 5.78 Å². The zero-order valence-corrected chi connectivity index (χ0v) is 24.7. The van der Waals surface area contributed by atoms with E-state index in [9.17, 15) is 19.1 Å². The van der Waals surface area contributed by atoms with Gasteiger partial charge in [-0.05, 0) is 66.1 Å². The number of carbonyl (C=O) groups excluding carboxylic acids is 2. The summed E-state index contributed by atoms with van der Waals surface area (Å²) in [5, 5.41) is 20.3. The number of nitrogens with zero attached hydrogens (tertiary/aromatic N) is 3. The lowest BCUT2D eigenvalue weighted by Gasteiger charge is -2.23. The largest absolute Gasteiger partial charge is 0.507 e. The van der Waals surface area contributed by atoms with Gasteiger partial charge in [-0.2, -0.15) is 0 Å². The molecule has 2 aliphatic rings. The number of amides is 1. The minimum absolute atomic E-state index is 0.00353. The Labute approximate surface area is 255 Å². The highest BCUT2D eigenvalue weighted by molar-refractivity contribution is 8.00. The third-order valence-electron chi connectivity index (χ3n) is 7.03. The molecule has 1 saturated heterocycles. The van der Waals surface area contributed by atoms with E-state index in [-0.39, 0.29) is 35.0 Å². The molecule has 11 heteroatoms. The number of hydrogen-bond acceptors (Lipinski definition) is 9. The Morgan fingerprint density at radius 2 is 2.00 bits per heavy atom. The maximum atomic E-state index is 13.6. The van der Waals surface area contributed by atoms with Crippen molar-refractivity contribution in [2.24, 2.45) is 0 Å². The van der Waals surface area contributed by atoms with Crippen molar-refractivity contribution in [2.45, 2.75) is 35.6 Å². The quantitative estimate of drug-likeness (QED) is 0.0570. The predicted octanol–water partition coefficient (Wildman–Crippen LogP) is 6.48. The van der Waals surface area contributed by atoms with Crippen LogP contribution in [-0.4, -0.2) is 39.7 Å². The van der Waals surface area contributed by atoms with Gasteiger partial charge in [0.1, 0.15) is 35.8 Å². The summed E-state index contributed by atoms with van der Waals surface area (Å²) in [7, 11) is 0. The Hall–Kier alpha value is -4.48. The van der Waals surface area contributed by atoms with Crippen molar-refractivity contribution < 1.29 is 28.6 Å². The molecule has 43 heavy (non-hydrogen) atoms. The highest BCUT2D eigenvalue weighted by atomic mass is 32.2. The van der Waals surface area contributed by atoms with E-state index >= 15 is 0 Å². The number of fused-ring (bicyclic) bond motifs is 1. The van der Waals surface area contributed by atoms with Gasteiger partial charge < -0.3 is 14.6 Å². The third kappa shape index (κ3) is 5.78. The first-order valence-electron chi connectivity index (χ1n) is 13.5. The first kappa shape index (κ1) is 28.6. The molecule has 1 amide bonds. The average molecular weight is 616 g/mol. The Balaban J connectivity index is 1.39. The lowest BCUT2D eigenvalue weighted by atomic mass is 9.94. The number of aliphatic hydroxyl groups is 1. The van der Waals surface area contributed by atoms with E-state index < -0.39 is 17.7 Å². The molecule has 0 aliphatic carbocycles. The molecule has 1 N–H and O–H groups in total. The van der Waals surface area contributed by atoms with Crippen molar-refractivity contribution in [3.05, 3.63) is 113 Å². The van der Waals surface area contributed by atoms with Crippen molar-refractivity contribution in [3.63, 3.8) is 0 Å². The molecule has 6 rings (SSSR count). The maximum absolute atomic E-state index is 13.6. The molecule has 3 heterocycles. The van der Waals surface area contributed by atoms with Gasteiger partial charge in [0.15, 0.2) is 4.34 Å². The fourth-order valence-electron chi connectivity index (χ4n) is 5.08. The van der Waals surface area contributed by atoms with Crippen LogP contribution in [0.4, 0.5) is 9.52 Å². The van der Waals surface area contributed by atoms with Crippen molar-refractivity contribution in [3.8, 4) is 11.5 Å². The molecule has 4 aromatic rings. The Morgan fingerprint density at radius 3 is 2.79 bits per heavy atom. The van der Waals surface area contributed by atoms with Gasteiger partial charge in [-0.3, -0.25) is 14.5 Å². The van der Waals surface area contributed by atoms with Gasteiger partial charge in [-0.1, -0.05) is 60.0 Å². The smallest absolute Gasteiger partial charge is 0.301 e. The van der Waals surface area contributed by atoms with Gasteiger partial charge >= 0.3 is 5.91 Å². The lowest BCUT2D eigenvalue weighted by Crippen LogP contribution is -2.29. The molecule has 0 spiro atoms. The van der Waals surface area contributed by atoms with Crippen LogP contribution in [0, 0.1) is 5.82 Å². The van der Waals surface area contributed by atoms with Gasteiger partial charge in [-0.15, -0.1) is 10.2 Å². The summed E-state index contributed by atoms with van der Waals surface area (Å²) in [6.07, 6.45) is 2.28. The van der Waals surface area contributed by atoms with Gasteiger partial charge in [-0.25, -0.2) is 4.39 Å². The molecule has 218 valence electrons. The molecule has 1 fully saturated rings. The van der Waals surface area contributed by atoms with Crippen LogP contribution in [0.2, 0.25) is 0 Å². The first-order chi connectivity index (χ1) is 20.8. The van der Waals surface area contributed by atoms with Crippen molar-refractivity contribution in [2.75, 3.05) is 11.5 Å². The number of aromatic nitrogens is 2. The Morgan fingerprint density at radius 1 is 1.19 bits per heavy atom. The van der Waals surface area contributed by atoms with E-state index in [0.717, 1.165) is 28.2 Å². The van der Waals surface area contributed by atoms with Crippen molar-refractivity contribution >= 4 is 45.7 Å². The van der Waals surface area contributed by atoms with Crippen LogP contribution in [0.25, 0.3) is 5.76 Å². The summed E-state index contributed by atoms with van der Waals surface area (Å²) in [5.41, 5.74) is 2.71. The van der Waals surface area contributed by atoms with E-state index in [4.69, 9.17) is 9.47 Å². The van der Waals surface area contributed by atoms with E-state index in [0.29, 0.717) is 33.4 Å². The third-order valence-corrected chi connectivity index (χ3v) is 9.16. The summed E-state index contributed by atoms with van der Waals surface area (Å²) < 4.78 is 25.4. The van der Waals surface area contributed by atoms with Crippen LogP contribution in [0.1, 0.15) is 35.2 Å². The summed E-state index contributed by atoms with van der Waals surface area (Å²) in [4.78, 5) is 28.5. The number of benzene rings is 3. The number of halogens is 1. The standard InChI is InChI=1S/C32H26FN3O5S2/c1-3-13-40-24-6-4-5-20(16-24)27-26(28(37)21-9-12-25-22(15-21)14-18(2)41-25)29(38)30(39)36(27)31-34-35-32(43-31)42-17-19-7-10-23(33)11-8-19/h3-12,15-16,18,27,37H,1,13-14,17H2,2H3/b28-26+/t18-,27+/m1/s1. The normalized spacial score (nSPS) is 18.9. The minimum atomic E-state index is -0.987. The van der Waals surface area contributed by atoms with Gasteiger partial charge in [0.05, 0.1) is 11.6 Å². The highest BCUT2D eigenvalue weighted by Crippen LogP contribution is 2.45. The fraction of sp³-hybridized carbons (Fsp3) is 0.188. The molecular weight excluding hydrogens is 590 g/mol. The number of hydrogen-bond donors (Lipinski definition) is 1. The minimum Gasteiger partial charge on any atom is -0.507 e. The second kappa shape index (κ2) is 12.0. The number of ketones is 1. The first-order valence-corrected chi connectivity index (χ1v) is 15.3. The topological polar surface area (TPSA) is 102 Å². The number of rotatable bonds is 9. The van der Waals surface area contributed by atoms with Crippen molar-refractivity contribution in [1.82, 2.24) is 10.2 Å². The lowest BCUT2D eigenvalue weighted by molar-refractivity contribution is -0.132.